The van der Waals surface area contributed by atoms with Crippen LogP contribution in [0.4, 0.5) is 0 Å². The second-order valence-electron chi connectivity index (χ2n) is 3.31. The first-order valence-electron chi connectivity index (χ1n) is 5.13. The third-order valence-corrected chi connectivity index (χ3v) is 1.27. The molecular formula is C10H25NO2. The molecule has 0 fully saturated rings. The molecule has 13 heavy (non-hydrogen) atoms. The second kappa shape index (κ2) is 9.96. The zero-order valence-corrected chi connectivity index (χ0v) is 9.68. The fourth-order valence-electron chi connectivity index (χ4n) is 0.547. The van der Waals surface area contributed by atoms with Crippen LogP contribution in [0, 0.1) is 0 Å². The van der Waals surface area contributed by atoms with Crippen LogP contribution >= 0.6 is 0 Å². The number of rotatable bonds is 6. The number of hydrogen-bond donors (Lipinski definition) is 2. The van der Waals surface area contributed by atoms with Gasteiger partial charge in [0.1, 0.15) is 0 Å². The van der Waals surface area contributed by atoms with E-state index in [4.69, 9.17) is 4.84 Å². The van der Waals surface area contributed by atoms with Crippen LogP contribution in [0.2, 0.25) is 0 Å². The summed E-state index contributed by atoms with van der Waals surface area (Å²) in [6.07, 6.45) is 1.71. The molecule has 0 aromatic carbocycles. The standard InChI is InChI=1S/C8H19NO2.C2H6/c1-4-6-9-11-7-5-8(2,3)10;1-2/h9-10H,4-7H2,1-3H3;1-2H3. The largest absolute Gasteiger partial charge is 0.390 e. The highest BCUT2D eigenvalue weighted by Crippen LogP contribution is 2.05. The summed E-state index contributed by atoms with van der Waals surface area (Å²) in [5.41, 5.74) is 2.18. The lowest BCUT2D eigenvalue weighted by atomic mass is 10.1. The van der Waals surface area contributed by atoms with Crippen molar-refractivity contribution < 1.29 is 9.94 Å². The van der Waals surface area contributed by atoms with E-state index in [0.29, 0.717) is 13.0 Å². The molecule has 3 heteroatoms. The SMILES string of the molecule is CC.CCCNOCCC(C)(C)O. The maximum absolute atomic E-state index is 9.27. The Morgan fingerprint density at radius 3 is 2.23 bits per heavy atom. The molecule has 2 N–H and O–H groups in total. The number of nitrogens with one attached hydrogen (secondary N) is 1. The summed E-state index contributed by atoms with van der Waals surface area (Å²) in [6.45, 7) is 11.0. The molecule has 0 aliphatic carbocycles. The molecule has 0 amide bonds. The molecule has 0 radical (unpaired) electrons. The summed E-state index contributed by atoms with van der Waals surface area (Å²) >= 11 is 0. The van der Waals surface area contributed by atoms with Gasteiger partial charge in [0.15, 0.2) is 0 Å². The molecule has 0 aromatic rings. The smallest absolute Gasteiger partial charge is 0.0709 e. The molecule has 0 aliphatic heterocycles. The molecule has 82 valence electrons. The van der Waals surface area contributed by atoms with Gasteiger partial charge in [-0.25, -0.2) is 5.48 Å². The maximum atomic E-state index is 9.27. The molecule has 0 saturated heterocycles. The normalized spacial score (nSPS) is 10.6. The Kier molecular flexibility index (Phi) is 11.8. The van der Waals surface area contributed by atoms with Gasteiger partial charge >= 0.3 is 0 Å². The average Bonchev–Trinajstić information content (AvgIpc) is 2.06. The maximum Gasteiger partial charge on any atom is 0.0709 e. The third-order valence-electron chi connectivity index (χ3n) is 1.27. The Balaban J connectivity index is 0. The van der Waals surface area contributed by atoms with Crippen LogP contribution in [0.1, 0.15) is 47.5 Å². The van der Waals surface area contributed by atoms with Gasteiger partial charge in [0.25, 0.3) is 0 Å². The van der Waals surface area contributed by atoms with Gasteiger partial charge in [-0.15, -0.1) is 0 Å². The summed E-state index contributed by atoms with van der Waals surface area (Å²) in [5.74, 6) is 0. The molecular weight excluding hydrogens is 166 g/mol. The molecule has 0 bridgehead atoms. The monoisotopic (exact) mass is 191 g/mol. The van der Waals surface area contributed by atoms with E-state index < -0.39 is 5.60 Å². The Morgan fingerprint density at radius 2 is 1.85 bits per heavy atom. The van der Waals surface area contributed by atoms with E-state index in [1.54, 1.807) is 13.8 Å². The van der Waals surface area contributed by atoms with Crippen molar-refractivity contribution in [3.05, 3.63) is 0 Å². The number of aliphatic hydroxyl groups is 1. The van der Waals surface area contributed by atoms with Crippen molar-refractivity contribution in [2.75, 3.05) is 13.2 Å². The summed E-state index contributed by atoms with van der Waals surface area (Å²) in [7, 11) is 0. The Morgan fingerprint density at radius 1 is 1.31 bits per heavy atom. The van der Waals surface area contributed by atoms with Gasteiger partial charge in [-0.05, 0) is 20.3 Å². The van der Waals surface area contributed by atoms with Gasteiger partial charge in [0, 0.05) is 13.0 Å². The van der Waals surface area contributed by atoms with Gasteiger partial charge in [0.05, 0.1) is 12.2 Å². The Bertz CT molecular complexity index is 89.4. The van der Waals surface area contributed by atoms with Crippen molar-refractivity contribution in [3.63, 3.8) is 0 Å². The van der Waals surface area contributed by atoms with Gasteiger partial charge in [-0.3, -0.25) is 0 Å². The Hall–Kier alpha value is -0.120. The van der Waals surface area contributed by atoms with Crippen molar-refractivity contribution in [3.8, 4) is 0 Å². The topological polar surface area (TPSA) is 41.5 Å². The quantitative estimate of drug-likeness (QED) is 0.499. The van der Waals surface area contributed by atoms with Crippen molar-refractivity contribution in [1.82, 2.24) is 5.48 Å². The van der Waals surface area contributed by atoms with Crippen LogP contribution in [-0.2, 0) is 4.84 Å². The summed E-state index contributed by atoms with van der Waals surface area (Å²) in [6, 6.07) is 0. The lowest BCUT2D eigenvalue weighted by molar-refractivity contribution is -0.00925. The van der Waals surface area contributed by atoms with Crippen molar-refractivity contribution in [2.45, 2.75) is 53.1 Å². The van der Waals surface area contributed by atoms with Gasteiger partial charge in [0.2, 0.25) is 0 Å². The highest BCUT2D eigenvalue weighted by Gasteiger charge is 2.11. The fraction of sp³-hybridized carbons (Fsp3) is 1.00. The van der Waals surface area contributed by atoms with Crippen LogP contribution < -0.4 is 5.48 Å². The van der Waals surface area contributed by atoms with Crippen LogP contribution in [-0.4, -0.2) is 23.9 Å². The summed E-state index contributed by atoms with van der Waals surface area (Å²) < 4.78 is 0. The van der Waals surface area contributed by atoms with Gasteiger partial charge in [-0.1, -0.05) is 20.8 Å². The van der Waals surface area contributed by atoms with E-state index >= 15 is 0 Å². The predicted molar refractivity (Wildman–Crippen MR) is 56.5 cm³/mol. The van der Waals surface area contributed by atoms with E-state index in [-0.39, 0.29) is 0 Å². The predicted octanol–water partition coefficient (Wildman–Crippen LogP) is 2.10. The zero-order chi connectivity index (χ0) is 10.7. The minimum absolute atomic E-state index is 0.559. The molecule has 0 aromatic heterocycles. The van der Waals surface area contributed by atoms with E-state index in [2.05, 4.69) is 12.4 Å². The lowest BCUT2D eigenvalue weighted by Crippen LogP contribution is -2.24. The Labute approximate surface area is 82.4 Å². The molecule has 0 unspecified atom stereocenters. The van der Waals surface area contributed by atoms with Crippen LogP contribution in [0.25, 0.3) is 0 Å². The molecule has 0 atom stereocenters. The third kappa shape index (κ3) is 18.7. The first-order valence-corrected chi connectivity index (χ1v) is 5.13. The molecule has 0 heterocycles. The van der Waals surface area contributed by atoms with E-state index in [1.807, 2.05) is 13.8 Å². The minimum Gasteiger partial charge on any atom is -0.390 e. The van der Waals surface area contributed by atoms with Crippen LogP contribution in [0.3, 0.4) is 0 Å². The summed E-state index contributed by atoms with van der Waals surface area (Å²) in [4.78, 5) is 5.04. The lowest BCUT2D eigenvalue weighted by Gasteiger charge is -2.16. The fourth-order valence-corrected chi connectivity index (χ4v) is 0.547. The molecule has 3 nitrogen and oxygen atoms in total. The zero-order valence-electron chi connectivity index (χ0n) is 9.68. The summed E-state index contributed by atoms with van der Waals surface area (Å²) in [5, 5.41) is 9.27. The first-order chi connectivity index (χ1) is 6.06. The minimum atomic E-state index is -0.617. The van der Waals surface area contributed by atoms with Gasteiger partial charge < -0.3 is 9.94 Å². The highest BCUT2D eigenvalue weighted by atomic mass is 16.6. The first kappa shape index (κ1) is 15.4. The van der Waals surface area contributed by atoms with Crippen molar-refractivity contribution >= 4 is 0 Å². The number of hydroxylamine groups is 1. The van der Waals surface area contributed by atoms with Crippen molar-refractivity contribution in [1.29, 1.82) is 0 Å². The second-order valence-corrected chi connectivity index (χ2v) is 3.31. The van der Waals surface area contributed by atoms with E-state index in [0.717, 1.165) is 13.0 Å². The molecule has 0 saturated carbocycles. The van der Waals surface area contributed by atoms with Gasteiger partial charge in [-0.2, -0.15) is 0 Å². The molecule has 0 spiro atoms. The molecule has 0 rings (SSSR count). The van der Waals surface area contributed by atoms with Crippen molar-refractivity contribution in [2.24, 2.45) is 0 Å². The molecule has 0 aliphatic rings. The number of hydrogen-bond acceptors (Lipinski definition) is 3. The van der Waals surface area contributed by atoms with Crippen LogP contribution in [0.15, 0.2) is 0 Å². The highest BCUT2D eigenvalue weighted by molar-refractivity contribution is 4.62. The van der Waals surface area contributed by atoms with E-state index in [1.165, 1.54) is 0 Å². The van der Waals surface area contributed by atoms with E-state index in [9.17, 15) is 5.11 Å². The average molecular weight is 191 g/mol. The van der Waals surface area contributed by atoms with Crippen LogP contribution in [0.5, 0.6) is 0 Å².